The van der Waals surface area contributed by atoms with E-state index in [1.807, 2.05) is 30.3 Å². The van der Waals surface area contributed by atoms with Gasteiger partial charge in [0.1, 0.15) is 11.6 Å². The molecule has 6 heteroatoms. The van der Waals surface area contributed by atoms with Crippen molar-refractivity contribution in [1.29, 1.82) is 0 Å². The molecule has 0 bridgehead atoms. The van der Waals surface area contributed by atoms with Crippen molar-refractivity contribution in [3.63, 3.8) is 0 Å². The summed E-state index contributed by atoms with van der Waals surface area (Å²) in [5.41, 5.74) is 8.18. The molecule has 4 rings (SSSR count). The van der Waals surface area contributed by atoms with Crippen LogP contribution in [0.25, 0.3) is 0 Å². The number of fused-ring (bicyclic) bond motifs is 1. The Kier molecular flexibility index (Phi) is 5.46. The summed E-state index contributed by atoms with van der Waals surface area (Å²) >= 11 is 0. The van der Waals surface area contributed by atoms with Gasteiger partial charge in [-0.15, -0.1) is 24.0 Å². The normalized spacial score (nSPS) is 24.5. The van der Waals surface area contributed by atoms with Crippen molar-refractivity contribution in [3.8, 4) is 5.75 Å². The zero-order valence-corrected chi connectivity index (χ0v) is 16.0. The number of ether oxygens (including phenoxy) is 1. The van der Waals surface area contributed by atoms with Crippen molar-refractivity contribution < 1.29 is 9.13 Å². The van der Waals surface area contributed by atoms with Gasteiger partial charge in [-0.25, -0.2) is 9.38 Å². The van der Waals surface area contributed by atoms with Crippen LogP contribution in [-0.2, 0) is 0 Å². The number of hydrogen-bond acceptors (Lipinski definition) is 2. The first-order chi connectivity index (χ1) is 11.7. The summed E-state index contributed by atoms with van der Waals surface area (Å²) in [5, 5.41) is 3.26. The van der Waals surface area contributed by atoms with Crippen LogP contribution in [0.5, 0.6) is 5.75 Å². The van der Waals surface area contributed by atoms with Gasteiger partial charge in [-0.05, 0) is 30.2 Å². The monoisotopic (exact) mass is 453 g/mol. The van der Waals surface area contributed by atoms with Crippen LogP contribution >= 0.6 is 24.0 Å². The van der Waals surface area contributed by atoms with Crippen molar-refractivity contribution in [2.24, 2.45) is 10.7 Å². The Bertz CT molecular complexity index is 783. The van der Waals surface area contributed by atoms with Crippen LogP contribution in [0.1, 0.15) is 35.9 Å². The van der Waals surface area contributed by atoms with E-state index in [2.05, 4.69) is 10.3 Å². The minimum Gasteiger partial charge on any atom is -0.493 e. The molecule has 4 nitrogen and oxygen atoms in total. The summed E-state index contributed by atoms with van der Waals surface area (Å²) in [6.45, 7) is 0.647. The molecule has 0 spiro atoms. The van der Waals surface area contributed by atoms with Gasteiger partial charge in [0.2, 0.25) is 0 Å². The first-order valence-corrected chi connectivity index (χ1v) is 8.28. The van der Waals surface area contributed by atoms with E-state index in [-0.39, 0.29) is 41.9 Å². The Morgan fingerprint density at radius 3 is 2.88 bits per heavy atom. The molecular formula is C19H21FIN3O. The number of para-hydroxylation sites is 1. The number of nitrogens with one attached hydrogen (secondary N) is 1. The molecule has 1 heterocycles. The maximum atomic E-state index is 13.3. The third-order valence-electron chi connectivity index (χ3n) is 4.62. The molecule has 1 unspecified atom stereocenters. The lowest BCUT2D eigenvalue weighted by molar-refractivity contribution is 0.269. The smallest absolute Gasteiger partial charge is 0.189 e. The molecular weight excluding hydrogens is 432 g/mol. The topological polar surface area (TPSA) is 59.6 Å². The Labute approximate surface area is 163 Å². The first-order valence-electron chi connectivity index (χ1n) is 8.28. The number of halogens is 2. The van der Waals surface area contributed by atoms with Gasteiger partial charge < -0.3 is 15.8 Å². The van der Waals surface area contributed by atoms with Gasteiger partial charge in [-0.2, -0.15) is 0 Å². The molecule has 1 saturated carbocycles. The highest BCUT2D eigenvalue weighted by molar-refractivity contribution is 14.0. The SMILES string of the molecule is I.NC(=NC1CCOc2ccccc21)N[C@@H]1C[C@H]1c1cccc(F)c1. The highest BCUT2D eigenvalue weighted by Gasteiger charge is 2.39. The highest BCUT2D eigenvalue weighted by atomic mass is 127. The number of nitrogens with zero attached hydrogens (tertiary/aromatic N) is 1. The lowest BCUT2D eigenvalue weighted by Crippen LogP contribution is -2.35. The summed E-state index contributed by atoms with van der Waals surface area (Å²) < 4.78 is 19.0. The van der Waals surface area contributed by atoms with Crippen LogP contribution in [0.15, 0.2) is 53.5 Å². The van der Waals surface area contributed by atoms with Crippen molar-refractivity contribution >= 4 is 29.9 Å². The maximum Gasteiger partial charge on any atom is 0.189 e. The van der Waals surface area contributed by atoms with Gasteiger partial charge in [0.25, 0.3) is 0 Å². The Morgan fingerprint density at radius 1 is 1.20 bits per heavy atom. The lowest BCUT2D eigenvalue weighted by atomic mass is 10.0. The molecule has 3 atom stereocenters. The van der Waals surface area contributed by atoms with E-state index in [0.29, 0.717) is 18.5 Å². The van der Waals surface area contributed by atoms with Crippen molar-refractivity contribution in [2.45, 2.75) is 30.8 Å². The second-order valence-corrected chi connectivity index (χ2v) is 6.35. The molecule has 2 aromatic carbocycles. The van der Waals surface area contributed by atoms with Crippen LogP contribution in [0.2, 0.25) is 0 Å². The quantitative estimate of drug-likeness (QED) is 0.423. The van der Waals surface area contributed by atoms with E-state index in [0.717, 1.165) is 29.7 Å². The van der Waals surface area contributed by atoms with Gasteiger partial charge >= 0.3 is 0 Å². The van der Waals surface area contributed by atoms with Gasteiger partial charge in [-0.3, -0.25) is 0 Å². The number of hydrogen-bond donors (Lipinski definition) is 2. The predicted octanol–water partition coefficient (Wildman–Crippen LogP) is 3.73. The fourth-order valence-corrected chi connectivity index (χ4v) is 3.31. The van der Waals surface area contributed by atoms with E-state index in [9.17, 15) is 4.39 Å². The Morgan fingerprint density at radius 2 is 2.04 bits per heavy atom. The molecule has 1 aliphatic carbocycles. The van der Waals surface area contributed by atoms with Crippen LogP contribution in [0, 0.1) is 5.82 Å². The van der Waals surface area contributed by atoms with E-state index in [1.165, 1.54) is 6.07 Å². The predicted molar refractivity (Wildman–Crippen MR) is 107 cm³/mol. The zero-order chi connectivity index (χ0) is 16.5. The third kappa shape index (κ3) is 4.05. The standard InChI is InChI=1S/C19H20FN3O.HI/c20-13-5-3-4-12(10-13)15-11-17(15)23-19(21)22-16-8-9-24-18-7-2-1-6-14(16)18;/h1-7,10,15-17H,8-9,11H2,(H3,21,22,23);1H/t15-,16?,17+;/m0./s1. The minimum absolute atomic E-state index is 0. The number of nitrogens with two attached hydrogens (primary N) is 1. The number of benzene rings is 2. The van der Waals surface area contributed by atoms with E-state index < -0.39 is 0 Å². The molecule has 2 aromatic rings. The second kappa shape index (κ2) is 7.59. The molecule has 1 fully saturated rings. The van der Waals surface area contributed by atoms with Gasteiger partial charge in [0.05, 0.1) is 12.6 Å². The molecule has 2 aliphatic rings. The average Bonchev–Trinajstić information content (AvgIpc) is 3.34. The summed E-state index contributed by atoms with van der Waals surface area (Å²) in [6.07, 6.45) is 1.77. The Hall–Kier alpha value is -1.83. The molecule has 0 saturated heterocycles. The van der Waals surface area contributed by atoms with Gasteiger partial charge in [0, 0.05) is 23.9 Å². The van der Waals surface area contributed by atoms with Crippen LogP contribution in [0.4, 0.5) is 4.39 Å². The average molecular weight is 453 g/mol. The highest BCUT2D eigenvalue weighted by Crippen LogP contribution is 2.41. The third-order valence-corrected chi connectivity index (χ3v) is 4.62. The molecule has 0 radical (unpaired) electrons. The van der Waals surface area contributed by atoms with Crippen molar-refractivity contribution in [3.05, 3.63) is 65.5 Å². The number of aliphatic imine (C=N–C) groups is 1. The fourth-order valence-electron chi connectivity index (χ4n) is 3.31. The van der Waals surface area contributed by atoms with E-state index >= 15 is 0 Å². The minimum atomic E-state index is -0.196. The summed E-state index contributed by atoms with van der Waals surface area (Å²) in [4.78, 5) is 4.63. The van der Waals surface area contributed by atoms with Gasteiger partial charge in [0.15, 0.2) is 5.96 Å². The van der Waals surface area contributed by atoms with Crippen LogP contribution < -0.4 is 15.8 Å². The largest absolute Gasteiger partial charge is 0.493 e. The summed E-state index contributed by atoms with van der Waals surface area (Å²) in [6, 6.07) is 14.9. The summed E-state index contributed by atoms with van der Waals surface area (Å²) in [7, 11) is 0. The number of rotatable bonds is 3. The fraction of sp³-hybridized carbons (Fsp3) is 0.316. The summed E-state index contributed by atoms with van der Waals surface area (Å²) in [5.74, 6) is 1.44. The van der Waals surface area contributed by atoms with Crippen molar-refractivity contribution in [1.82, 2.24) is 5.32 Å². The number of guanidine groups is 1. The van der Waals surface area contributed by atoms with Crippen LogP contribution in [0.3, 0.4) is 0 Å². The lowest BCUT2D eigenvalue weighted by Gasteiger charge is -2.23. The molecule has 0 aromatic heterocycles. The molecule has 1 aliphatic heterocycles. The second-order valence-electron chi connectivity index (χ2n) is 6.35. The molecule has 3 N–H and O–H groups in total. The van der Waals surface area contributed by atoms with Crippen molar-refractivity contribution in [2.75, 3.05) is 6.61 Å². The first kappa shape index (κ1) is 18.0. The zero-order valence-electron chi connectivity index (χ0n) is 13.7. The van der Waals surface area contributed by atoms with Crippen LogP contribution in [-0.4, -0.2) is 18.6 Å². The van der Waals surface area contributed by atoms with E-state index in [1.54, 1.807) is 12.1 Å². The molecule has 25 heavy (non-hydrogen) atoms. The Balaban J connectivity index is 0.00000182. The van der Waals surface area contributed by atoms with E-state index in [4.69, 9.17) is 10.5 Å². The van der Waals surface area contributed by atoms with Gasteiger partial charge in [-0.1, -0.05) is 30.3 Å². The molecule has 132 valence electrons. The maximum absolute atomic E-state index is 13.3. The molecule has 0 amide bonds.